The summed E-state index contributed by atoms with van der Waals surface area (Å²) in [4.78, 5) is 15.4. The van der Waals surface area contributed by atoms with Gasteiger partial charge in [-0.3, -0.25) is 9.29 Å². The maximum Gasteiger partial charge on any atom is 0.420 e. The van der Waals surface area contributed by atoms with Crippen molar-refractivity contribution < 1.29 is 17.2 Å². The Labute approximate surface area is 170 Å². The van der Waals surface area contributed by atoms with Crippen molar-refractivity contribution >= 4 is 53.5 Å². The molecule has 0 fully saturated rings. The molecule has 0 radical (unpaired) electrons. The first-order valence-electron chi connectivity index (χ1n) is 7.83. The quantitative estimate of drug-likeness (QED) is 0.465. The van der Waals surface area contributed by atoms with Gasteiger partial charge in [0.15, 0.2) is 10.7 Å². The average Bonchev–Trinajstić information content (AvgIpc) is 3.22. The van der Waals surface area contributed by atoms with Crippen molar-refractivity contribution in [3.05, 3.63) is 74.4 Å². The normalized spacial score (nSPS) is 11.8. The number of rotatable bonds is 5. The molecule has 0 atom stereocenters. The molecule has 7 nitrogen and oxygen atoms in total. The summed E-state index contributed by atoms with van der Waals surface area (Å²) < 4.78 is 49.0. The van der Waals surface area contributed by atoms with Crippen molar-refractivity contribution in [1.29, 1.82) is 0 Å². The van der Waals surface area contributed by atoms with Gasteiger partial charge in [0.25, 0.3) is 10.0 Å². The van der Waals surface area contributed by atoms with Gasteiger partial charge in [-0.15, -0.1) is 11.3 Å². The molecule has 0 aliphatic rings. The van der Waals surface area contributed by atoms with Gasteiger partial charge in [0, 0.05) is 28.2 Å². The van der Waals surface area contributed by atoms with Crippen LogP contribution in [0.5, 0.6) is 0 Å². The third-order valence-electron chi connectivity index (χ3n) is 3.90. The van der Waals surface area contributed by atoms with Crippen molar-refractivity contribution in [2.75, 3.05) is 4.72 Å². The molecule has 0 aliphatic carbocycles. The van der Waals surface area contributed by atoms with Gasteiger partial charge in [0.05, 0.1) is 12.1 Å². The average molecular weight is 484 g/mol. The van der Waals surface area contributed by atoms with E-state index in [-0.39, 0.29) is 22.8 Å². The Morgan fingerprint density at radius 2 is 2.11 bits per heavy atom. The highest BCUT2D eigenvalue weighted by atomic mass is 79.9. The molecule has 144 valence electrons. The molecular weight excluding hydrogens is 473 g/mol. The fourth-order valence-electron chi connectivity index (χ4n) is 2.68. The van der Waals surface area contributed by atoms with Crippen molar-refractivity contribution in [2.24, 2.45) is 0 Å². The van der Waals surface area contributed by atoms with E-state index < -0.39 is 26.5 Å². The number of fused-ring (bicyclic) bond motifs is 1. The second-order valence-electron chi connectivity index (χ2n) is 5.78. The van der Waals surface area contributed by atoms with E-state index in [4.69, 9.17) is 4.42 Å². The minimum absolute atomic E-state index is 0.0269. The molecule has 2 heterocycles. The van der Waals surface area contributed by atoms with Crippen LogP contribution in [0.4, 0.5) is 9.52 Å². The Kier molecular flexibility index (Phi) is 4.81. The standard InChI is InChI=1S/C17H11BrFN3O4S2/c18-11-3-1-2-10(6-11)9-22-13-7-12(19)15(8-14(13)26-17(22)23)28(24,25)21-16-20-4-5-27-16/h1-8H,9H2,(H,20,21). The Morgan fingerprint density at radius 3 is 2.82 bits per heavy atom. The number of halogens is 2. The van der Waals surface area contributed by atoms with E-state index in [0.717, 1.165) is 33.5 Å². The molecule has 28 heavy (non-hydrogen) atoms. The van der Waals surface area contributed by atoms with Crippen LogP contribution in [0.1, 0.15) is 5.56 Å². The zero-order valence-electron chi connectivity index (χ0n) is 13.9. The number of nitrogens with zero attached hydrogens (tertiary/aromatic N) is 2. The summed E-state index contributed by atoms with van der Waals surface area (Å²) in [5.41, 5.74) is 0.929. The van der Waals surface area contributed by atoms with Crippen molar-refractivity contribution in [3.8, 4) is 0 Å². The van der Waals surface area contributed by atoms with E-state index in [1.54, 1.807) is 5.38 Å². The SMILES string of the molecule is O=c1oc2cc(S(=O)(=O)Nc3nccs3)c(F)cc2n1Cc1cccc(Br)c1. The Bertz CT molecular complexity index is 1330. The number of hydrogen-bond donors (Lipinski definition) is 1. The Hall–Kier alpha value is -2.50. The Morgan fingerprint density at radius 1 is 1.29 bits per heavy atom. The molecule has 0 spiro atoms. The highest BCUT2D eigenvalue weighted by molar-refractivity contribution is 9.10. The number of oxazole rings is 1. The van der Waals surface area contributed by atoms with Crippen LogP contribution in [0, 0.1) is 5.82 Å². The number of anilines is 1. The van der Waals surface area contributed by atoms with E-state index in [1.807, 2.05) is 24.3 Å². The molecule has 0 saturated carbocycles. The van der Waals surface area contributed by atoms with Gasteiger partial charge in [-0.1, -0.05) is 28.1 Å². The summed E-state index contributed by atoms with van der Waals surface area (Å²) in [6, 6.07) is 9.25. The molecule has 2 aromatic carbocycles. The van der Waals surface area contributed by atoms with Crippen molar-refractivity contribution in [3.63, 3.8) is 0 Å². The van der Waals surface area contributed by atoms with Crippen LogP contribution in [0.25, 0.3) is 11.1 Å². The molecule has 11 heteroatoms. The van der Waals surface area contributed by atoms with Gasteiger partial charge in [-0.2, -0.15) is 0 Å². The molecule has 0 bridgehead atoms. The van der Waals surface area contributed by atoms with Crippen LogP contribution in [0.3, 0.4) is 0 Å². The molecule has 1 N–H and O–H groups in total. The number of thiazole rings is 1. The van der Waals surface area contributed by atoms with Crippen LogP contribution in [-0.4, -0.2) is 18.0 Å². The molecule has 2 aromatic heterocycles. The number of aromatic nitrogens is 2. The third kappa shape index (κ3) is 3.60. The van der Waals surface area contributed by atoms with E-state index in [0.29, 0.717) is 0 Å². The second kappa shape index (κ2) is 7.15. The van der Waals surface area contributed by atoms with E-state index >= 15 is 0 Å². The zero-order valence-corrected chi connectivity index (χ0v) is 17.1. The van der Waals surface area contributed by atoms with Crippen molar-refractivity contribution in [2.45, 2.75) is 11.4 Å². The van der Waals surface area contributed by atoms with Gasteiger partial charge in [0.1, 0.15) is 10.7 Å². The van der Waals surface area contributed by atoms with Crippen LogP contribution in [-0.2, 0) is 16.6 Å². The molecule has 0 saturated heterocycles. The Balaban J connectivity index is 1.77. The molecule has 0 amide bonds. The second-order valence-corrected chi connectivity index (χ2v) is 9.24. The van der Waals surface area contributed by atoms with Gasteiger partial charge in [0.2, 0.25) is 0 Å². The maximum absolute atomic E-state index is 14.6. The molecule has 4 aromatic rings. The smallest absolute Gasteiger partial charge is 0.408 e. The largest absolute Gasteiger partial charge is 0.420 e. The predicted molar refractivity (Wildman–Crippen MR) is 107 cm³/mol. The summed E-state index contributed by atoms with van der Waals surface area (Å²) in [7, 11) is -4.23. The molecule has 0 aliphatic heterocycles. The number of hydrogen-bond acceptors (Lipinski definition) is 6. The van der Waals surface area contributed by atoms with Gasteiger partial charge < -0.3 is 4.42 Å². The summed E-state index contributed by atoms with van der Waals surface area (Å²) in [5.74, 6) is -1.71. The van der Waals surface area contributed by atoms with Crippen molar-refractivity contribution in [1.82, 2.24) is 9.55 Å². The highest BCUT2D eigenvalue weighted by Gasteiger charge is 2.23. The number of benzene rings is 2. The minimum atomic E-state index is -4.23. The lowest BCUT2D eigenvalue weighted by atomic mass is 10.2. The number of sulfonamides is 1. The van der Waals surface area contributed by atoms with E-state index in [2.05, 4.69) is 25.6 Å². The first-order chi connectivity index (χ1) is 13.3. The monoisotopic (exact) mass is 483 g/mol. The topological polar surface area (TPSA) is 94.2 Å². The lowest BCUT2D eigenvalue weighted by molar-refractivity contribution is 0.516. The van der Waals surface area contributed by atoms with Gasteiger partial charge >= 0.3 is 5.76 Å². The van der Waals surface area contributed by atoms with Crippen LogP contribution >= 0.6 is 27.3 Å². The fraction of sp³-hybridized carbons (Fsp3) is 0.0588. The van der Waals surface area contributed by atoms with Gasteiger partial charge in [-0.05, 0) is 17.7 Å². The zero-order chi connectivity index (χ0) is 19.9. The predicted octanol–water partition coefficient (Wildman–Crippen LogP) is 3.80. The maximum atomic E-state index is 14.6. The summed E-state index contributed by atoms with van der Waals surface area (Å²) in [6.07, 6.45) is 1.42. The minimum Gasteiger partial charge on any atom is -0.408 e. The number of nitrogens with one attached hydrogen (secondary N) is 1. The molecule has 4 rings (SSSR count). The molecule has 0 unspecified atom stereocenters. The van der Waals surface area contributed by atoms with E-state index in [9.17, 15) is 17.6 Å². The van der Waals surface area contributed by atoms with E-state index in [1.165, 1.54) is 10.8 Å². The van der Waals surface area contributed by atoms with Crippen LogP contribution in [0.2, 0.25) is 0 Å². The van der Waals surface area contributed by atoms with Crippen LogP contribution in [0.15, 0.2) is 66.6 Å². The van der Waals surface area contributed by atoms with Crippen LogP contribution < -0.4 is 10.5 Å². The lowest BCUT2D eigenvalue weighted by Crippen LogP contribution is -2.16. The fourth-order valence-corrected chi connectivity index (χ4v) is 4.99. The third-order valence-corrected chi connectivity index (χ3v) is 6.56. The van der Waals surface area contributed by atoms with Gasteiger partial charge in [-0.25, -0.2) is 22.6 Å². The first-order valence-corrected chi connectivity index (χ1v) is 11.0. The summed E-state index contributed by atoms with van der Waals surface area (Å²) in [6.45, 7) is 0.147. The first kappa shape index (κ1) is 18.8. The summed E-state index contributed by atoms with van der Waals surface area (Å²) in [5, 5.41) is 1.69. The highest BCUT2D eigenvalue weighted by Crippen LogP contribution is 2.25. The lowest BCUT2D eigenvalue weighted by Gasteiger charge is -2.07. The summed E-state index contributed by atoms with van der Waals surface area (Å²) >= 11 is 4.41. The molecular formula is C17H11BrFN3O4S2.